The van der Waals surface area contributed by atoms with Crippen LogP contribution in [0.4, 0.5) is 5.69 Å². The van der Waals surface area contributed by atoms with Gasteiger partial charge in [0.25, 0.3) is 0 Å². The molecule has 1 amide bonds. The fourth-order valence-electron chi connectivity index (χ4n) is 1.61. The van der Waals surface area contributed by atoms with Crippen LogP contribution in [0, 0.1) is 0 Å². The van der Waals surface area contributed by atoms with E-state index in [1.807, 2.05) is 18.2 Å². The Bertz CT molecular complexity index is 535. The number of halogens is 2. The molecule has 2 aromatic rings. The number of rotatable bonds is 3. The van der Waals surface area contributed by atoms with Crippen LogP contribution in [-0.4, -0.2) is 6.41 Å². The zero-order valence-electron chi connectivity index (χ0n) is 8.78. The summed E-state index contributed by atoms with van der Waals surface area (Å²) in [5, 5.41) is 3.76. The SMILES string of the molecule is O=CNc1cccc(-c2c(Cl)cccc2Cl)c1. The Balaban J connectivity index is 2.52. The van der Waals surface area contributed by atoms with E-state index in [-0.39, 0.29) is 0 Å². The molecule has 0 heterocycles. The Morgan fingerprint density at radius 3 is 2.29 bits per heavy atom. The van der Waals surface area contributed by atoms with E-state index in [1.165, 1.54) is 0 Å². The van der Waals surface area contributed by atoms with Crippen LogP contribution < -0.4 is 5.32 Å². The average Bonchev–Trinajstić information content (AvgIpc) is 2.30. The molecule has 2 rings (SSSR count). The molecule has 17 heavy (non-hydrogen) atoms. The second-order valence-electron chi connectivity index (χ2n) is 3.44. The largest absolute Gasteiger partial charge is 0.329 e. The van der Waals surface area contributed by atoms with Gasteiger partial charge in [0.1, 0.15) is 0 Å². The van der Waals surface area contributed by atoms with Crippen molar-refractivity contribution in [3.05, 3.63) is 52.5 Å². The zero-order valence-corrected chi connectivity index (χ0v) is 10.3. The van der Waals surface area contributed by atoms with E-state index in [0.717, 1.165) is 11.1 Å². The third kappa shape index (κ3) is 2.60. The average molecular weight is 266 g/mol. The molecule has 0 aromatic heterocycles. The van der Waals surface area contributed by atoms with Crippen molar-refractivity contribution in [2.75, 3.05) is 5.32 Å². The summed E-state index contributed by atoms with van der Waals surface area (Å²) in [6.45, 7) is 0. The molecule has 1 N–H and O–H groups in total. The van der Waals surface area contributed by atoms with Gasteiger partial charge in [-0.25, -0.2) is 0 Å². The molecule has 0 radical (unpaired) electrons. The van der Waals surface area contributed by atoms with Crippen molar-refractivity contribution < 1.29 is 4.79 Å². The fraction of sp³-hybridized carbons (Fsp3) is 0. The van der Waals surface area contributed by atoms with Gasteiger partial charge in [0, 0.05) is 21.3 Å². The summed E-state index contributed by atoms with van der Waals surface area (Å²) in [5.74, 6) is 0. The summed E-state index contributed by atoms with van der Waals surface area (Å²) >= 11 is 12.2. The monoisotopic (exact) mass is 265 g/mol. The van der Waals surface area contributed by atoms with E-state index >= 15 is 0 Å². The van der Waals surface area contributed by atoms with Gasteiger partial charge >= 0.3 is 0 Å². The van der Waals surface area contributed by atoms with Crippen LogP contribution in [0.1, 0.15) is 0 Å². The van der Waals surface area contributed by atoms with Gasteiger partial charge < -0.3 is 5.32 Å². The summed E-state index contributed by atoms with van der Waals surface area (Å²) in [4.78, 5) is 10.4. The maximum atomic E-state index is 10.4. The van der Waals surface area contributed by atoms with Crippen molar-refractivity contribution in [1.29, 1.82) is 0 Å². The third-order valence-electron chi connectivity index (χ3n) is 2.34. The first kappa shape index (κ1) is 12.0. The Labute approximate surface area is 109 Å². The molecule has 0 saturated heterocycles. The number of carbonyl (C=O) groups excluding carboxylic acids is 1. The van der Waals surface area contributed by atoms with Crippen LogP contribution in [0.3, 0.4) is 0 Å². The smallest absolute Gasteiger partial charge is 0.211 e. The van der Waals surface area contributed by atoms with Crippen molar-refractivity contribution in [3.63, 3.8) is 0 Å². The molecule has 0 atom stereocenters. The van der Waals surface area contributed by atoms with Gasteiger partial charge in [-0.1, -0.05) is 41.4 Å². The Morgan fingerprint density at radius 2 is 1.65 bits per heavy atom. The van der Waals surface area contributed by atoms with Crippen molar-refractivity contribution in [2.24, 2.45) is 0 Å². The van der Waals surface area contributed by atoms with E-state index in [2.05, 4.69) is 5.32 Å². The number of anilines is 1. The van der Waals surface area contributed by atoms with E-state index in [1.54, 1.807) is 24.3 Å². The summed E-state index contributed by atoms with van der Waals surface area (Å²) in [5.41, 5.74) is 2.34. The highest BCUT2D eigenvalue weighted by Gasteiger charge is 2.08. The quantitative estimate of drug-likeness (QED) is 0.827. The molecule has 86 valence electrons. The normalized spacial score (nSPS) is 10.0. The van der Waals surface area contributed by atoms with Crippen molar-refractivity contribution in [1.82, 2.24) is 0 Å². The van der Waals surface area contributed by atoms with Crippen LogP contribution in [0.2, 0.25) is 10.0 Å². The van der Waals surface area contributed by atoms with E-state index in [4.69, 9.17) is 23.2 Å². The molecule has 0 bridgehead atoms. The van der Waals surface area contributed by atoms with Gasteiger partial charge in [0.05, 0.1) is 0 Å². The van der Waals surface area contributed by atoms with Gasteiger partial charge in [0.2, 0.25) is 6.41 Å². The number of carbonyl (C=O) groups is 1. The number of hydrogen-bond acceptors (Lipinski definition) is 1. The molecule has 0 aliphatic carbocycles. The van der Waals surface area contributed by atoms with Gasteiger partial charge in [0.15, 0.2) is 0 Å². The van der Waals surface area contributed by atoms with Gasteiger partial charge in [-0.3, -0.25) is 4.79 Å². The Hall–Kier alpha value is -1.51. The van der Waals surface area contributed by atoms with Crippen LogP contribution in [-0.2, 0) is 4.79 Å². The van der Waals surface area contributed by atoms with E-state index < -0.39 is 0 Å². The first-order valence-electron chi connectivity index (χ1n) is 4.97. The Morgan fingerprint density at radius 1 is 1.00 bits per heavy atom. The topological polar surface area (TPSA) is 29.1 Å². The van der Waals surface area contributed by atoms with Crippen LogP contribution in [0.15, 0.2) is 42.5 Å². The molecular weight excluding hydrogens is 257 g/mol. The second-order valence-corrected chi connectivity index (χ2v) is 4.25. The lowest BCUT2D eigenvalue weighted by atomic mass is 10.0. The lowest BCUT2D eigenvalue weighted by Gasteiger charge is -2.08. The predicted octanol–water partition coefficient (Wildman–Crippen LogP) is 4.23. The Kier molecular flexibility index (Phi) is 3.67. The lowest BCUT2D eigenvalue weighted by Crippen LogP contribution is -1.93. The molecule has 4 heteroatoms. The molecule has 0 aliphatic rings. The minimum absolute atomic E-state index is 0.584. The first-order chi connectivity index (χ1) is 8.22. The molecule has 0 unspecified atom stereocenters. The van der Waals surface area contributed by atoms with Gasteiger partial charge in [-0.15, -0.1) is 0 Å². The highest BCUT2D eigenvalue weighted by Crippen LogP contribution is 2.35. The summed E-state index contributed by atoms with van der Waals surface area (Å²) in [6.07, 6.45) is 0.632. The zero-order chi connectivity index (χ0) is 12.3. The fourth-order valence-corrected chi connectivity index (χ4v) is 2.22. The van der Waals surface area contributed by atoms with E-state index in [0.29, 0.717) is 22.1 Å². The highest BCUT2D eigenvalue weighted by molar-refractivity contribution is 6.39. The number of amides is 1. The van der Waals surface area contributed by atoms with Crippen LogP contribution in [0.5, 0.6) is 0 Å². The van der Waals surface area contributed by atoms with Crippen molar-refractivity contribution in [2.45, 2.75) is 0 Å². The van der Waals surface area contributed by atoms with Crippen LogP contribution in [0.25, 0.3) is 11.1 Å². The number of hydrogen-bond donors (Lipinski definition) is 1. The van der Waals surface area contributed by atoms with Gasteiger partial charge in [-0.05, 0) is 29.8 Å². The van der Waals surface area contributed by atoms with Crippen molar-refractivity contribution in [3.8, 4) is 11.1 Å². The van der Waals surface area contributed by atoms with E-state index in [9.17, 15) is 4.79 Å². The molecule has 2 nitrogen and oxygen atoms in total. The summed E-state index contributed by atoms with van der Waals surface area (Å²) in [6, 6.07) is 12.7. The lowest BCUT2D eigenvalue weighted by molar-refractivity contribution is -0.105. The molecule has 0 spiro atoms. The second kappa shape index (κ2) is 5.21. The minimum atomic E-state index is 0.584. The van der Waals surface area contributed by atoms with Gasteiger partial charge in [-0.2, -0.15) is 0 Å². The predicted molar refractivity (Wildman–Crippen MR) is 71.6 cm³/mol. The maximum absolute atomic E-state index is 10.4. The van der Waals surface area contributed by atoms with Crippen molar-refractivity contribution >= 4 is 35.3 Å². The van der Waals surface area contributed by atoms with Crippen LogP contribution >= 0.6 is 23.2 Å². The minimum Gasteiger partial charge on any atom is -0.329 e. The summed E-state index contributed by atoms with van der Waals surface area (Å²) in [7, 11) is 0. The number of benzene rings is 2. The third-order valence-corrected chi connectivity index (χ3v) is 2.97. The highest BCUT2D eigenvalue weighted by atomic mass is 35.5. The molecule has 0 aliphatic heterocycles. The first-order valence-corrected chi connectivity index (χ1v) is 5.72. The molecular formula is C13H9Cl2NO. The molecule has 0 saturated carbocycles. The summed E-state index contributed by atoms with van der Waals surface area (Å²) < 4.78 is 0. The molecule has 2 aromatic carbocycles. The molecule has 0 fully saturated rings. The standard InChI is InChI=1S/C13H9Cl2NO/c14-11-5-2-6-12(15)13(11)9-3-1-4-10(7-9)16-8-17/h1-8H,(H,16,17). The maximum Gasteiger partial charge on any atom is 0.211 e. The number of nitrogens with one attached hydrogen (secondary N) is 1.